The van der Waals surface area contributed by atoms with Crippen molar-refractivity contribution in [2.24, 2.45) is 0 Å². The van der Waals surface area contributed by atoms with Gasteiger partial charge in [-0.1, -0.05) is 164 Å². The first kappa shape index (κ1) is 27.2. The van der Waals surface area contributed by atoms with Crippen LogP contribution in [0.4, 0.5) is 17.1 Å². The molecule has 0 unspecified atom stereocenters. The first-order valence-electron chi connectivity index (χ1n) is 16.2. The molecule has 1 heteroatoms. The molecule has 0 atom stereocenters. The van der Waals surface area contributed by atoms with Crippen molar-refractivity contribution in [3.05, 3.63) is 188 Å². The van der Waals surface area contributed by atoms with Gasteiger partial charge in [0.2, 0.25) is 0 Å². The minimum absolute atomic E-state index is 1.11. The maximum atomic E-state index is 2.46. The zero-order valence-electron chi connectivity index (χ0n) is 25.8. The summed E-state index contributed by atoms with van der Waals surface area (Å²) in [6.07, 6.45) is 0. The van der Waals surface area contributed by atoms with Crippen LogP contribution in [-0.4, -0.2) is 0 Å². The molecule has 0 fully saturated rings. The van der Waals surface area contributed by atoms with Crippen molar-refractivity contribution in [2.75, 3.05) is 4.90 Å². The number of fused-ring (bicyclic) bond motifs is 6. The van der Waals surface area contributed by atoms with Crippen LogP contribution in [0.2, 0.25) is 0 Å². The van der Waals surface area contributed by atoms with Gasteiger partial charge in [0.1, 0.15) is 0 Å². The van der Waals surface area contributed by atoms with Crippen LogP contribution in [0.1, 0.15) is 0 Å². The van der Waals surface area contributed by atoms with E-state index in [9.17, 15) is 0 Å². The van der Waals surface area contributed by atoms with Gasteiger partial charge in [0.15, 0.2) is 0 Å². The zero-order chi connectivity index (χ0) is 31.2. The molecule has 0 amide bonds. The molecule has 0 aliphatic carbocycles. The molecule has 0 spiro atoms. The molecule has 0 saturated carbocycles. The predicted molar refractivity (Wildman–Crippen MR) is 202 cm³/mol. The number of nitrogens with zero attached hydrogens (tertiary/aromatic N) is 1. The second kappa shape index (κ2) is 11.3. The first-order chi connectivity index (χ1) is 23.3. The van der Waals surface area contributed by atoms with Gasteiger partial charge in [-0.15, -0.1) is 0 Å². The summed E-state index contributed by atoms with van der Waals surface area (Å²) in [6, 6.07) is 68.3. The van der Waals surface area contributed by atoms with E-state index in [1.807, 2.05) is 0 Å². The van der Waals surface area contributed by atoms with Crippen molar-refractivity contribution in [2.45, 2.75) is 0 Å². The molecule has 1 nitrogen and oxygen atoms in total. The third-order valence-electron chi connectivity index (χ3n) is 9.42. The molecule has 0 aliphatic rings. The maximum Gasteiger partial charge on any atom is 0.0546 e. The lowest BCUT2D eigenvalue weighted by atomic mass is 9.93. The molecule has 0 N–H and O–H groups in total. The van der Waals surface area contributed by atoms with Gasteiger partial charge >= 0.3 is 0 Å². The van der Waals surface area contributed by atoms with E-state index in [2.05, 4.69) is 193 Å². The lowest BCUT2D eigenvalue weighted by Crippen LogP contribution is -2.12. The second-order valence-corrected chi connectivity index (χ2v) is 12.1. The van der Waals surface area contributed by atoms with Crippen molar-refractivity contribution < 1.29 is 0 Å². The van der Waals surface area contributed by atoms with Gasteiger partial charge in [-0.05, 0) is 78.7 Å². The van der Waals surface area contributed by atoms with Gasteiger partial charge in [-0.25, -0.2) is 0 Å². The summed E-state index contributed by atoms with van der Waals surface area (Å²) in [5.41, 5.74) is 8.24. The SMILES string of the molecule is c1ccc(-c2ccc(N(c3ccccc3-c3cccc4ccccc34)c3cc4ccc5ccccc5c4c4ccccc34)cc2)cc1. The molecule has 0 aromatic heterocycles. The lowest BCUT2D eigenvalue weighted by Gasteiger charge is -2.30. The van der Waals surface area contributed by atoms with E-state index in [1.165, 1.54) is 65.3 Å². The molecule has 47 heavy (non-hydrogen) atoms. The highest BCUT2D eigenvalue weighted by molar-refractivity contribution is 6.24. The smallest absolute Gasteiger partial charge is 0.0546 e. The number of hydrogen-bond acceptors (Lipinski definition) is 1. The fourth-order valence-electron chi connectivity index (χ4n) is 7.24. The summed E-state index contributed by atoms with van der Waals surface area (Å²) in [5, 5.41) is 10.0. The van der Waals surface area contributed by atoms with E-state index in [1.54, 1.807) is 0 Å². The van der Waals surface area contributed by atoms with Crippen LogP contribution in [-0.2, 0) is 0 Å². The summed E-state index contributed by atoms with van der Waals surface area (Å²) in [4.78, 5) is 2.46. The Morgan fingerprint density at radius 3 is 1.66 bits per heavy atom. The van der Waals surface area contributed by atoms with Gasteiger partial charge < -0.3 is 4.90 Å². The Morgan fingerprint density at radius 2 is 0.851 bits per heavy atom. The zero-order valence-corrected chi connectivity index (χ0v) is 25.8. The molecule has 220 valence electrons. The molecular formula is C46H31N. The van der Waals surface area contributed by atoms with Gasteiger partial charge in [-0.2, -0.15) is 0 Å². The summed E-state index contributed by atoms with van der Waals surface area (Å²) >= 11 is 0. The molecular weight excluding hydrogens is 567 g/mol. The van der Waals surface area contributed by atoms with Crippen molar-refractivity contribution in [1.29, 1.82) is 0 Å². The van der Waals surface area contributed by atoms with E-state index in [-0.39, 0.29) is 0 Å². The van der Waals surface area contributed by atoms with Crippen molar-refractivity contribution in [1.82, 2.24) is 0 Å². The summed E-state index contributed by atoms with van der Waals surface area (Å²) in [6.45, 7) is 0. The molecule has 0 radical (unpaired) electrons. The van der Waals surface area contributed by atoms with Gasteiger partial charge in [0.25, 0.3) is 0 Å². The average molecular weight is 598 g/mol. The number of benzene rings is 9. The molecule has 9 aromatic rings. The molecule has 0 bridgehead atoms. The standard InChI is InChI=1S/C46H31N/c1-2-13-32(14-3-1)33-27-29-37(30-28-33)47(44-24-11-10-20-41(44)40-23-12-17-34-15-4-6-18-38(34)40)45-31-36-26-25-35-16-5-7-19-39(35)46(36)43-22-9-8-21-42(43)45/h1-31H. The van der Waals surface area contributed by atoms with Crippen LogP contribution < -0.4 is 4.90 Å². The van der Waals surface area contributed by atoms with E-state index in [4.69, 9.17) is 0 Å². The Balaban J connectivity index is 1.35. The Kier molecular flexibility index (Phi) is 6.54. The van der Waals surface area contributed by atoms with Crippen LogP contribution in [0.15, 0.2) is 188 Å². The topological polar surface area (TPSA) is 3.24 Å². The van der Waals surface area contributed by atoms with Crippen molar-refractivity contribution in [3.63, 3.8) is 0 Å². The maximum absolute atomic E-state index is 2.46. The summed E-state index contributed by atoms with van der Waals surface area (Å²) in [5.74, 6) is 0. The van der Waals surface area contributed by atoms with Gasteiger partial charge in [0.05, 0.1) is 11.4 Å². The number of para-hydroxylation sites is 1. The number of hydrogen-bond donors (Lipinski definition) is 0. The monoisotopic (exact) mass is 597 g/mol. The fourth-order valence-corrected chi connectivity index (χ4v) is 7.24. The fraction of sp³-hybridized carbons (Fsp3) is 0. The van der Waals surface area contributed by atoms with Crippen molar-refractivity contribution >= 4 is 60.2 Å². The quantitative estimate of drug-likeness (QED) is 0.178. The van der Waals surface area contributed by atoms with Crippen molar-refractivity contribution in [3.8, 4) is 22.3 Å². The number of anilines is 3. The minimum atomic E-state index is 1.11. The summed E-state index contributed by atoms with van der Waals surface area (Å²) < 4.78 is 0. The predicted octanol–water partition coefficient (Wildman–Crippen LogP) is 13.1. The second-order valence-electron chi connectivity index (χ2n) is 12.1. The van der Waals surface area contributed by atoms with Crippen LogP contribution in [0.25, 0.3) is 65.3 Å². The average Bonchev–Trinajstić information content (AvgIpc) is 3.15. The van der Waals surface area contributed by atoms with E-state index < -0.39 is 0 Å². The summed E-state index contributed by atoms with van der Waals surface area (Å²) in [7, 11) is 0. The highest BCUT2D eigenvalue weighted by Crippen LogP contribution is 2.47. The molecule has 0 saturated heterocycles. The normalized spacial score (nSPS) is 11.4. The molecule has 9 aromatic carbocycles. The largest absolute Gasteiger partial charge is 0.309 e. The van der Waals surface area contributed by atoms with Crippen LogP contribution >= 0.6 is 0 Å². The molecule has 9 rings (SSSR count). The lowest BCUT2D eigenvalue weighted by molar-refractivity contribution is 1.30. The van der Waals surface area contributed by atoms with Crippen LogP contribution in [0.3, 0.4) is 0 Å². The van der Waals surface area contributed by atoms with Gasteiger partial charge in [-0.3, -0.25) is 0 Å². The van der Waals surface area contributed by atoms with Crippen LogP contribution in [0.5, 0.6) is 0 Å². The Hall–Kier alpha value is -6.18. The highest BCUT2D eigenvalue weighted by Gasteiger charge is 2.21. The van der Waals surface area contributed by atoms with E-state index in [0.717, 1.165) is 17.1 Å². The van der Waals surface area contributed by atoms with E-state index >= 15 is 0 Å². The van der Waals surface area contributed by atoms with Crippen LogP contribution in [0, 0.1) is 0 Å². The third-order valence-corrected chi connectivity index (χ3v) is 9.42. The number of rotatable bonds is 5. The Bertz CT molecular complexity index is 2560. The molecule has 0 aliphatic heterocycles. The molecule has 0 heterocycles. The van der Waals surface area contributed by atoms with E-state index in [0.29, 0.717) is 0 Å². The Morgan fingerprint density at radius 1 is 0.298 bits per heavy atom. The highest BCUT2D eigenvalue weighted by atomic mass is 15.1. The van der Waals surface area contributed by atoms with Gasteiger partial charge in [0, 0.05) is 16.6 Å². The first-order valence-corrected chi connectivity index (χ1v) is 16.2. The third kappa shape index (κ3) is 4.64. The Labute approximate surface area is 274 Å². The minimum Gasteiger partial charge on any atom is -0.309 e.